The van der Waals surface area contributed by atoms with Gasteiger partial charge >= 0.3 is 0 Å². The number of hydrogen-bond acceptors (Lipinski definition) is 2. The Bertz CT molecular complexity index is 588. The predicted molar refractivity (Wildman–Crippen MR) is 79.5 cm³/mol. The van der Waals surface area contributed by atoms with Crippen molar-refractivity contribution < 1.29 is 13.9 Å². The van der Waals surface area contributed by atoms with Crippen LogP contribution in [0.2, 0.25) is 0 Å². The highest BCUT2D eigenvalue weighted by molar-refractivity contribution is 9.10. The van der Waals surface area contributed by atoms with Crippen molar-refractivity contribution in [1.29, 1.82) is 0 Å². The summed E-state index contributed by atoms with van der Waals surface area (Å²) >= 11 is 3.24. The van der Waals surface area contributed by atoms with Crippen molar-refractivity contribution in [3.8, 4) is 5.75 Å². The average molecular weight is 337 g/mol. The van der Waals surface area contributed by atoms with Crippen molar-refractivity contribution in [2.24, 2.45) is 0 Å². The van der Waals surface area contributed by atoms with Gasteiger partial charge in [-0.05, 0) is 48.0 Å². The van der Waals surface area contributed by atoms with Crippen molar-refractivity contribution in [3.63, 3.8) is 0 Å². The van der Waals surface area contributed by atoms with Crippen molar-refractivity contribution >= 4 is 21.7 Å². The van der Waals surface area contributed by atoms with Gasteiger partial charge in [-0.1, -0.05) is 22.9 Å². The van der Waals surface area contributed by atoms with Gasteiger partial charge in [0.05, 0.1) is 0 Å². The highest BCUT2D eigenvalue weighted by Crippen LogP contribution is 2.18. The normalized spacial score (nSPS) is 10.3. The molecule has 104 valence electrons. The van der Waals surface area contributed by atoms with Gasteiger partial charge in [-0.25, -0.2) is 4.39 Å². The van der Waals surface area contributed by atoms with Gasteiger partial charge in [0.25, 0.3) is 0 Å². The van der Waals surface area contributed by atoms with Crippen molar-refractivity contribution in [2.75, 3.05) is 0 Å². The van der Waals surface area contributed by atoms with E-state index in [-0.39, 0.29) is 18.2 Å². The molecule has 0 unspecified atom stereocenters. The molecule has 0 aliphatic carbocycles. The van der Waals surface area contributed by atoms with E-state index >= 15 is 0 Å². The molecule has 0 radical (unpaired) electrons. The lowest BCUT2D eigenvalue weighted by atomic mass is 10.1. The van der Waals surface area contributed by atoms with E-state index in [1.54, 1.807) is 30.3 Å². The third-order valence-corrected chi connectivity index (χ3v) is 3.28. The monoisotopic (exact) mass is 336 g/mol. The first-order valence-corrected chi connectivity index (χ1v) is 7.09. The molecule has 2 aromatic rings. The fourth-order valence-electron chi connectivity index (χ4n) is 1.80. The van der Waals surface area contributed by atoms with Crippen LogP contribution in [-0.4, -0.2) is 5.78 Å². The number of ether oxygens (including phenoxy) is 1. The molecule has 0 saturated carbocycles. The number of ketones is 1. The van der Waals surface area contributed by atoms with Crippen molar-refractivity contribution in [3.05, 3.63) is 63.9 Å². The van der Waals surface area contributed by atoms with E-state index in [9.17, 15) is 9.18 Å². The molecule has 0 amide bonds. The lowest BCUT2D eigenvalue weighted by Gasteiger charge is -2.07. The number of carbonyl (C=O) groups excluding carboxylic acids is 1. The summed E-state index contributed by atoms with van der Waals surface area (Å²) in [6.07, 6.45) is 0.484. The largest absolute Gasteiger partial charge is 0.489 e. The SMILES string of the molecule is CCC(=O)c1ccc(OCc2cc(F)cc(Br)c2)cc1. The molecule has 0 spiro atoms. The molecule has 20 heavy (non-hydrogen) atoms. The molecular weight excluding hydrogens is 323 g/mol. The lowest BCUT2D eigenvalue weighted by molar-refractivity contribution is 0.0988. The summed E-state index contributed by atoms with van der Waals surface area (Å²) < 4.78 is 19.5. The smallest absolute Gasteiger partial charge is 0.162 e. The number of carbonyl (C=O) groups is 1. The molecule has 0 aromatic heterocycles. The van der Waals surface area contributed by atoms with Gasteiger partial charge < -0.3 is 4.74 Å². The van der Waals surface area contributed by atoms with Gasteiger partial charge in [-0.15, -0.1) is 0 Å². The van der Waals surface area contributed by atoms with Crippen LogP contribution in [0, 0.1) is 5.82 Å². The van der Waals surface area contributed by atoms with Crippen molar-refractivity contribution in [2.45, 2.75) is 20.0 Å². The topological polar surface area (TPSA) is 26.3 Å². The summed E-state index contributed by atoms with van der Waals surface area (Å²) in [6, 6.07) is 11.6. The number of halogens is 2. The standard InChI is InChI=1S/C16H14BrFO2/c1-2-16(19)12-3-5-15(6-4-12)20-10-11-7-13(17)9-14(18)8-11/h3-9H,2,10H2,1H3. The summed E-state index contributed by atoms with van der Waals surface area (Å²) in [5, 5.41) is 0. The summed E-state index contributed by atoms with van der Waals surface area (Å²) in [7, 11) is 0. The van der Waals surface area contributed by atoms with Crippen LogP contribution in [0.15, 0.2) is 46.9 Å². The molecule has 0 heterocycles. The van der Waals surface area contributed by atoms with Gasteiger partial charge in [0.1, 0.15) is 18.2 Å². The Hall–Kier alpha value is -1.68. The summed E-state index contributed by atoms with van der Waals surface area (Å²) in [4.78, 5) is 11.5. The Labute approximate surface area is 125 Å². The maximum absolute atomic E-state index is 13.2. The Morgan fingerprint density at radius 3 is 2.50 bits per heavy atom. The zero-order valence-electron chi connectivity index (χ0n) is 11.0. The summed E-state index contributed by atoms with van der Waals surface area (Å²) in [5.41, 5.74) is 1.42. The second-order valence-corrected chi connectivity index (χ2v) is 5.28. The Kier molecular flexibility index (Phi) is 4.90. The van der Waals surface area contributed by atoms with Crippen molar-refractivity contribution in [1.82, 2.24) is 0 Å². The van der Waals surface area contributed by atoms with E-state index in [0.717, 1.165) is 5.56 Å². The third kappa shape index (κ3) is 3.90. The third-order valence-electron chi connectivity index (χ3n) is 2.83. The molecular formula is C16H14BrFO2. The molecule has 0 aliphatic rings. The fraction of sp³-hybridized carbons (Fsp3) is 0.188. The van der Waals surface area contributed by atoms with Gasteiger partial charge in [0.2, 0.25) is 0 Å². The van der Waals surface area contributed by atoms with E-state index in [1.165, 1.54) is 12.1 Å². The maximum Gasteiger partial charge on any atom is 0.162 e. The molecule has 2 rings (SSSR count). The summed E-state index contributed by atoms with van der Waals surface area (Å²) in [5.74, 6) is 0.450. The van der Waals surface area contributed by atoms with Crippen LogP contribution in [0.25, 0.3) is 0 Å². The van der Waals surface area contributed by atoms with Crippen LogP contribution in [0.1, 0.15) is 29.3 Å². The highest BCUT2D eigenvalue weighted by Gasteiger charge is 2.04. The van der Waals surface area contributed by atoms with Gasteiger partial charge in [0, 0.05) is 16.5 Å². The number of hydrogen-bond donors (Lipinski definition) is 0. The molecule has 4 heteroatoms. The van der Waals surface area contributed by atoms with Crippen LogP contribution in [0.3, 0.4) is 0 Å². The van der Waals surface area contributed by atoms with E-state index in [4.69, 9.17) is 4.74 Å². The van der Waals surface area contributed by atoms with E-state index in [2.05, 4.69) is 15.9 Å². The molecule has 0 saturated heterocycles. The Balaban J connectivity index is 2.02. The van der Waals surface area contributed by atoms with Gasteiger partial charge in [0.15, 0.2) is 5.78 Å². The van der Waals surface area contributed by atoms with E-state index < -0.39 is 0 Å². The van der Waals surface area contributed by atoms with Gasteiger partial charge in [-0.2, -0.15) is 0 Å². The molecule has 0 aliphatic heterocycles. The Morgan fingerprint density at radius 2 is 1.90 bits per heavy atom. The fourth-order valence-corrected chi connectivity index (χ4v) is 2.31. The highest BCUT2D eigenvalue weighted by atomic mass is 79.9. The second-order valence-electron chi connectivity index (χ2n) is 4.37. The first-order chi connectivity index (χ1) is 9.58. The zero-order chi connectivity index (χ0) is 14.5. The molecule has 0 bridgehead atoms. The minimum atomic E-state index is -0.304. The van der Waals surface area contributed by atoms with E-state index in [1.807, 2.05) is 6.92 Å². The first kappa shape index (κ1) is 14.7. The minimum absolute atomic E-state index is 0.102. The first-order valence-electron chi connectivity index (χ1n) is 6.29. The predicted octanol–water partition coefficient (Wildman–Crippen LogP) is 4.76. The lowest BCUT2D eigenvalue weighted by Crippen LogP contribution is -1.98. The molecule has 0 N–H and O–H groups in total. The average Bonchev–Trinajstić information content (AvgIpc) is 2.44. The van der Waals surface area contributed by atoms with Crippen LogP contribution < -0.4 is 4.74 Å². The minimum Gasteiger partial charge on any atom is -0.489 e. The molecule has 0 fully saturated rings. The molecule has 2 nitrogen and oxygen atoms in total. The van der Waals surface area contributed by atoms with Gasteiger partial charge in [-0.3, -0.25) is 4.79 Å². The van der Waals surface area contributed by atoms with E-state index in [0.29, 0.717) is 22.2 Å². The van der Waals surface area contributed by atoms with Crippen LogP contribution in [0.4, 0.5) is 4.39 Å². The Morgan fingerprint density at radius 1 is 1.20 bits per heavy atom. The zero-order valence-corrected chi connectivity index (χ0v) is 12.6. The van der Waals surface area contributed by atoms with Crippen LogP contribution in [-0.2, 0) is 6.61 Å². The van der Waals surface area contributed by atoms with Crippen LogP contribution >= 0.6 is 15.9 Å². The molecule has 2 aromatic carbocycles. The second kappa shape index (κ2) is 6.66. The number of Topliss-reactive ketones (excluding diaryl/α,β-unsaturated/α-hetero) is 1. The van der Waals surface area contributed by atoms with Crippen LogP contribution in [0.5, 0.6) is 5.75 Å². The quantitative estimate of drug-likeness (QED) is 0.736. The molecule has 0 atom stereocenters. The summed E-state index contributed by atoms with van der Waals surface area (Å²) in [6.45, 7) is 2.10. The number of rotatable bonds is 5. The maximum atomic E-state index is 13.2. The number of benzene rings is 2.